The Morgan fingerprint density at radius 3 is 0.833 bits per heavy atom. The molecule has 0 aromatic rings. The van der Waals surface area contributed by atoms with E-state index in [9.17, 15) is 0 Å². The Bertz CT molecular complexity index is 5.51. The molecule has 0 spiro atoms. The molecule has 0 rings (SSSR count). The predicted molar refractivity (Wildman–Crippen MR) is 2.75 cm³/mol. The van der Waals surface area contributed by atoms with Crippen molar-refractivity contribution in [3.8, 4) is 0 Å². The molecule has 0 aliphatic carbocycles. The second-order valence-corrected chi connectivity index (χ2v) is 0. The molecule has 6 heteroatoms. The molecule has 0 aromatic heterocycles. The van der Waals surface area contributed by atoms with Gasteiger partial charge in [-0.1, -0.05) is 0 Å². The Morgan fingerprint density at radius 1 is 0.833 bits per heavy atom. The average molecular weight is 160 g/mol. The molecule has 0 saturated carbocycles. The van der Waals surface area contributed by atoms with Crippen LogP contribution < -0.4 is 0 Å². The van der Waals surface area contributed by atoms with Crippen molar-refractivity contribution in [1.29, 1.82) is 0 Å². The fourth-order valence-electron chi connectivity index (χ4n) is 0. The molecule has 0 atom stereocenters. The second kappa shape index (κ2) is 130. The molecule has 0 saturated heterocycles. The first kappa shape index (κ1) is 59.7. The van der Waals surface area contributed by atoms with Crippen LogP contribution in [0.15, 0.2) is 0 Å². The Kier molecular flexibility index (Phi) is 1290. The van der Waals surface area contributed by atoms with E-state index in [0.717, 1.165) is 20.4 Å². The molecule has 0 aliphatic rings. The third kappa shape index (κ3) is 70.2. The Hall–Kier alpha value is 1.11. The zero-order valence-corrected chi connectivity index (χ0v) is 5.76. The van der Waals surface area contributed by atoms with Gasteiger partial charge >= 0.3 is 45.4 Å². The van der Waals surface area contributed by atoms with Gasteiger partial charge in [-0.2, -0.15) is 0 Å². The Labute approximate surface area is 61.8 Å². The Balaban J connectivity index is -0.000000000833. The molecule has 0 fully saturated rings. The molecule has 0 aromatic carbocycles. The maximum absolute atomic E-state index is 8.25. The van der Waals surface area contributed by atoms with E-state index in [0.29, 0.717) is 0 Å². The van der Waals surface area contributed by atoms with Gasteiger partial charge in [0.2, 0.25) is 0 Å². The first-order valence-electron chi connectivity index (χ1n) is 0.204. The van der Waals surface area contributed by atoms with E-state index in [-0.39, 0.29) is 38.1 Å². The molecule has 0 bridgehead atoms. The number of hydrogen-bond donors (Lipinski definition) is 0. The minimum atomic E-state index is 0. The third-order valence-corrected chi connectivity index (χ3v) is 0. The smallest absolute Gasteiger partial charge is 4.00 e. The van der Waals surface area contributed by atoms with Gasteiger partial charge in [-0.25, -0.2) is 0 Å². The van der Waals surface area contributed by atoms with Gasteiger partial charge in [-0.3, -0.25) is 0 Å². The van der Waals surface area contributed by atoms with Gasteiger partial charge in [0.1, 0.15) is 0 Å². The monoisotopic (exact) mass is 160 g/mol. The van der Waals surface area contributed by atoms with E-state index in [1.54, 1.807) is 0 Å². The normalized spacial score (nSPS) is 1.00. The zero-order valence-electron chi connectivity index (χ0n) is 2.63. The SMILES string of the molecule is [O-2].[O-2].[O-2].[O]=[Ti+2].[Ti+4]. The van der Waals surface area contributed by atoms with Gasteiger partial charge in [-0.05, 0) is 0 Å². The quantitative estimate of drug-likeness (QED) is 0.438. The van der Waals surface area contributed by atoms with Gasteiger partial charge in [0.05, 0.1) is 0 Å². The van der Waals surface area contributed by atoms with Crippen LogP contribution in [0.1, 0.15) is 0 Å². The molecule has 6 heavy (non-hydrogen) atoms. The number of rotatable bonds is 0. The van der Waals surface area contributed by atoms with Crippen molar-refractivity contribution in [2.24, 2.45) is 0 Å². The maximum atomic E-state index is 8.25. The summed E-state index contributed by atoms with van der Waals surface area (Å²) in [4.78, 5) is 0. The van der Waals surface area contributed by atoms with Crippen LogP contribution in [0.3, 0.4) is 0 Å². The maximum Gasteiger partial charge on any atom is 4.00 e. The topological polar surface area (TPSA) is 103 Å². The van der Waals surface area contributed by atoms with Crippen molar-refractivity contribution < 1.29 is 61.9 Å². The van der Waals surface area contributed by atoms with E-state index >= 15 is 0 Å². The van der Waals surface area contributed by atoms with Crippen LogP contribution in [0.2, 0.25) is 0 Å². The van der Waals surface area contributed by atoms with E-state index in [2.05, 4.69) is 0 Å². The third-order valence-electron chi connectivity index (χ3n) is 0. The van der Waals surface area contributed by atoms with Crippen LogP contribution >= 0.6 is 0 Å². The summed E-state index contributed by atoms with van der Waals surface area (Å²) >= 11 is 0.750. The number of hydrogen-bond acceptors (Lipinski definition) is 1. The molecule has 0 heterocycles. The summed E-state index contributed by atoms with van der Waals surface area (Å²) in [6.45, 7) is 0. The summed E-state index contributed by atoms with van der Waals surface area (Å²) in [5.41, 5.74) is 0. The van der Waals surface area contributed by atoms with Crippen molar-refractivity contribution >= 4 is 0 Å². The molecule has 0 unspecified atom stereocenters. The van der Waals surface area contributed by atoms with E-state index < -0.39 is 0 Å². The minimum absolute atomic E-state index is 0. The van der Waals surface area contributed by atoms with Crippen molar-refractivity contribution in [1.82, 2.24) is 0 Å². The average Bonchev–Trinajstić information content (AvgIpc) is 1.00. The zero-order chi connectivity index (χ0) is 2.00. The fraction of sp³-hybridized carbons (Fsp3) is 0. The summed E-state index contributed by atoms with van der Waals surface area (Å²) < 4.78 is 8.25. The summed E-state index contributed by atoms with van der Waals surface area (Å²) in [6, 6.07) is 0. The van der Waals surface area contributed by atoms with Crippen LogP contribution in [0.4, 0.5) is 0 Å². The molecule has 32 valence electrons. The Morgan fingerprint density at radius 2 is 0.833 bits per heavy atom. The molecular weight excluding hydrogens is 160 g/mol. The first-order chi connectivity index (χ1) is 1.00. The summed E-state index contributed by atoms with van der Waals surface area (Å²) in [7, 11) is 0. The molecule has 0 amide bonds. The molecule has 0 radical (unpaired) electrons. The van der Waals surface area contributed by atoms with Crippen LogP contribution in [-0.2, 0) is 61.9 Å². The largest absolute Gasteiger partial charge is 4.00 e. The van der Waals surface area contributed by atoms with Crippen LogP contribution in [0, 0.1) is 0 Å². The van der Waals surface area contributed by atoms with Crippen LogP contribution in [0.5, 0.6) is 0 Å². The molecule has 0 N–H and O–H groups in total. The molecule has 0 aliphatic heterocycles. The van der Waals surface area contributed by atoms with Gasteiger partial charge in [0.25, 0.3) is 0 Å². The van der Waals surface area contributed by atoms with E-state index in [1.165, 1.54) is 0 Å². The van der Waals surface area contributed by atoms with Gasteiger partial charge in [0.15, 0.2) is 0 Å². The second-order valence-electron chi connectivity index (χ2n) is 0. The first-order valence-corrected chi connectivity index (χ1v) is 0.842. The van der Waals surface area contributed by atoms with Gasteiger partial charge < -0.3 is 16.4 Å². The van der Waals surface area contributed by atoms with E-state index in [1.807, 2.05) is 0 Å². The molecular formula is O4Ti2. The fourth-order valence-corrected chi connectivity index (χ4v) is 0. The van der Waals surface area contributed by atoms with Crippen molar-refractivity contribution in [2.45, 2.75) is 0 Å². The van der Waals surface area contributed by atoms with Gasteiger partial charge in [-0.15, -0.1) is 0 Å². The van der Waals surface area contributed by atoms with Crippen LogP contribution in [-0.4, -0.2) is 0 Å². The van der Waals surface area contributed by atoms with Crippen molar-refractivity contribution in [3.63, 3.8) is 0 Å². The van der Waals surface area contributed by atoms with Crippen molar-refractivity contribution in [2.75, 3.05) is 0 Å². The van der Waals surface area contributed by atoms with Crippen LogP contribution in [0.25, 0.3) is 0 Å². The van der Waals surface area contributed by atoms with Gasteiger partial charge in [0, 0.05) is 0 Å². The predicted octanol–water partition coefficient (Wildman–Crippen LogP) is -0.480. The minimum Gasteiger partial charge on any atom is 4.00 e. The summed E-state index contributed by atoms with van der Waals surface area (Å²) in [5, 5.41) is 0. The van der Waals surface area contributed by atoms with Crippen molar-refractivity contribution in [3.05, 3.63) is 0 Å². The standard InChI is InChI=1S/4O.2Ti/q;3*-2;+2;+4. The molecule has 4 nitrogen and oxygen atoms in total. The van der Waals surface area contributed by atoms with E-state index in [4.69, 9.17) is 3.32 Å². The summed E-state index contributed by atoms with van der Waals surface area (Å²) in [6.07, 6.45) is 0. The summed E-state index contributed by atoms with van der Waals surface area (Å²) in [5.74, 6) is 0.